The molecule has 4 nitrogen and oxygen atoms in total. The summed E-state index contributed by atoms with van der Waals surface area (Å²) in [5, 5.41) is 12.6. The summed E-state index contributed by atoms with van der Waals surface area (Å²) in [6.45, 7) is 2.21. The average molecular weight is 334 g/mol. The molecule has 0 spiro atoms. The summed E-state index contributed by atoms with van der Waals surface area (Å²) >= 11 is 0. The van der Waals surface area contributed by atoms with Gasteiger partial charge in [0.05, 0.1) is 12.6 Å². The van der Waals surface area contributed by atoms with Crippen molar-refractivity contribution in [3.8, 4) is 0 Å². The lowest BCUT2D eigenvalue weighted by atomic mass is 10.1. The molecule has 0 aromatic heterocycles. The number of halogens is 2. The fraction of sp³-hybridized carbons (Fsp3) is 0.278. The predicted octanol–water partition coefficient (Wildman–Crippen LogP) is 2.88. The quantitative estimate of drug-likeness (QED) is 0.854. The number of nitrogens with zero attached hydrogens (tertiary/aromatic N) is 1. The molecule has 6 heteroatoms. The van der Waals surface area contributed by atoms with Gasteiger partial charge in [-0.25, -0.2) is 8.78 Å². The van der Waals surface area contributed by atoms with E-state index in [-0.39, 0.29) is 18.8 Å². The Balaban J connectivity index is 1.88. The van der Waals surface area contributed by atoms with Crippen LogP contribution in [-0.4, -0.2) is 36.1 Å². The van der Waals surface area contributed by atoms with Gasteiger partial charge in [-0.2, -0.15) is 0 Å². The highest BCUT2D eigenvalue weighted by Gasteiger charge is 2.14. The molecule has 0 aliphatic carbocycles. The Morgan fingerprint density at radius 3 is 2.33 bits per heavy atom. The number of aliphatic hydroxyl groups is 1. The summed E-state index contributed by atoms with van der Waals surface area (Å²) in [7, 11) is 1.68. The van der Waals surface area contributed by atoms with Crippen molar-refractivity contribution in [2.24, 2.45) is 0 Å². The van der Waals surface area contributed by atoms with E-state index in [9.17, 15) is 18.7 Å². The molecule has 1 unspecified atom stereocenters. The van der Waals surface area contributed by atoms with E-state index < -0.39 is 23.6 Å². The monoisotopic (exact) mass is 334 g/mol. The zero-order chi connectivity index (χ0) is 17.7. The highest BCUT2D eigenvalue weighted by molar-refractivity contribution is 5.92. The molecule has 0 heterocycles. The fourth-order valence-electron chi connectivity index (χ4n) is 2.33. The Labute approximate surface area is 139 Å². The number of carbonyl (C=O) groups is 1. The fourth-order valence-corrected chi connectivity index (χ4v) is 2.33. The molecule has 0 aliphatic rings. The number of likely N-dealkylation sites (N-methyl/N-ethyl adjacent to an activating group) is 1. The predicted molar refractivity (Wildman–Crippen MR) is 88.6 cm³/mol. The number of hydrogen-bond donors (Lipinski definition) is 2. The number of aryl methyl sites for hydroxylation is 1. The van der Waals surface area contributed by atoms with Crippen molar-refractivity contribution in [1.82, 2.24) is 4.90 Å². The van der Waals surface area contributed by atoms with Crippen molar-refractivity contribution in [2.75, 3.05) is 25.5 Å². The van der Waals surface area contributed by atoms with Crippen LogP contribution in [0.3, 0.4) is 0 Å². The third-order valence-corrected chi connectivity index (χ3v) is 3.51. The van der Waals surface area contributed by atoms with Crippen LogP contribution in [0.5, 0.6) is 0 Å². The lowest BCUT2D eigenvalue weighted by Crippen LogP contribution is -2.33. The molecule has 128 valence electrons. The van der Waals surface area contributed by atoms with Gasteiger partial charge in [-0.05, 0) is 31.7 Å². The highest BCUT2D eigenvalue weighted by atomic mass is 19.1. The lowest BCUT2D eigenvalue weighted by Gasteiger charge is -2.20. The van der Waals surface area contributed by atoms with Gasteiger partial charge in [0.1, 0.15) is 11.6 Å². The molecule has 0 saturated heterocycles. The maximum atomic E-state index is 13.1. The summed E-state index contributed by atoms with van der Waals surface area (Å²) in [5.74, 6) is -1.93. The summed E-state index contributed by atoms with van der Waals surface area (Å²) in [6, 6.07) is 10.3. The third-order valence-electron chi connectivity index (χ3n) is 3.51. The van der Waals surface area contributed by atoms with Crippen molar-refractivity contribution >= 4 is 11.6 Å². The van der Waals surface area contributed by atoms with E-state index in [4.69, 9.17) is 0 Å². The minimum absolute atomic E-state index is 0.0128. The average Bonchev–Trinajstić information content (AvgIpc) is 2.46. The molecular formula is C18H20F2N2O2. The van der Waals surface area contributed by atoms with E-state index in [1.807, 2.05) is 31.2 Å². The van der Waals surface area contributed by atoms with Gasteiger partial charge < -0.3 is 10.4 Å². The molecule has 1 amide bonds. The number of hydrogen-bond acceptors (Lipinski definition) is 3. The van der Waals surface area contributed by atoms with Gasteiger partial charge in [0.25, 0.3) is 0 Å². The van der Waals surface area contributed by atoms with Gasteiger partial charge in [-0.15, -0.1) is 0 Å². The van der Waals surface area contributed by atoms with E-state index in [0.717, 1.165) is 29.3 Å². The maximum absolute atomic E-state index is 13.1. The molecule has 0 aliphatic heterocycles. The van der Waals surface area contributed by atoms with Crippen LogP contribution in [0.2, 0.25) is 0 Å². The Kier molecular flexibility index (Phi) is 6.00. The second-order valence-electron chi connectivity index (χ2n) is 5.83. The second-order valence-corrected chi connectivity index (χ2v) is 5.83. The van der Waals surface area contributed by atoms with Gasteiger partial charge in [0.15, 0.2) is 0 Å². The zero-order valence-corrected chi connectivity index (χ0v) is 13.6. The van der Waals surface area contributed by atoms with Gasteiger partial charge in [-0.1, -0.05) is 29.8 Å². The van der Waals surface area contributed by atoms with Crippen LogP contribution in [0.25, 0.3) is 0 Å². The van der Waals surface area contributed by atoms with Crippen molar-refractivity contribution in [1.29, 1.82) is 0 Å². The van der Waals surface area contributed by atoms with Gasteiger partial charge in [0.2, 0.25) is 5.91 Å². The molecule has 2 aromatic carbocycles. The standard InChI is InChI=1S/C18H20F2N2O2/c1-12-3-5-13(6-4-12)17(23)10-22(2)11-18(24)21-16-8-14(19)7-15(20)9-16/h3-9,17,23H,10-11H2,1-2H3,(H,21,24). The molecule has 0 radical (unpaired) electrons. The highest BCUT2D eigenvalue weighted by Crippen LogP contribution is 2.15. The largest absolute Gasteiger partial charge is 0.387 e. The molecule has 24 heavy (non-hydrogen) atoms. The first-order chi connectivity index (χ1) is 11.3. The molecule has 2 rings (SSSR count). The third kappa shape index (κ3) is 5.40. The summed E-state index contributed by atoms with van der Waals surface area (Å²) < 4.78 is 26.2. The summed E-state index contributed by atoms with van der Waals surface area (Å²) in [6.07, 6.45) is -0.727. The minimum Gasteiger partial charge on any atom is -0.387 e. The zero-order valence-electron chi connectivity index (χ0n) is 13.6. The van der Waals surface area contributed by atoms with Crippen LogP contribution in [0.15, 0.2) is 42.5 Å². The Morgan fingerprint density at radius 1 is 1.17 bits per heavy atom. The first kappa shape index (κ1) is 18.0. The lowest BCUT2D eigenvalue weighted by molar-refractivity contribution is -0.117. The first-order valence-electron chi connectivity index (χ1n) is 7.52. The SMILES string of the molecule is Cc1ccc(C(O)CN(C)CC(=O)Nc2cc(F)cc(F)c2)cc1. The minimum atomic E-state index is -0.756. The smallest absolute Gasteiger partial charge is 0.238 e. The van der Waals surface area contributed by atoms with Crippen LogP contribution >= 0.6 is 0 Å². The van der Waals surface area contributed by atoms with Crippen LogP contribution in [0.4, 0.5) is 14.5 Å². The van der Waals surface area contributed by atoms with E-state index in [2.05, 4.69) is 5.32 Å². The number of aliphatic hydroxyl groups excluding tert-OH is 1. The van der Waals surface area contributed by atoms with Crippen LogP contribution in [0, 0.1) is 18.6 Å². The van der Waals surface area contributed by atoms with Crippen LogP contribution < -0.4 is 5.32 Å². The van der Waals surface area contributed by atoms with Crippen molar-refractivity contribution in [3.63, 3.8) is 0 Å². The van der Waals surface area contributed by atoms with Crippen LogP contribution in [0.1, 0.15) is 17.2 Å². The number of amides is 1. The number of anilines is 1. The molecule has 0 bridgehead atoms. The van der Waals surface area contributed by atoms with Crippen molar-refractivity contribution in [2.45, 2.75) is 13.0 Å². The molecule has 2 N–H and O–H groups in total. The summed E-state index contributed by atoms with van der Waals surface area (Å²) in [4.78, 5) is 13.6. The van der Waals surface area contributed by atoms with Gasteiger partial charge >= 0.3 is 0 Å². The summed E-state index contributed by atoms with van der Waals surface area (Å²) in [5.41, 5.74) is 1.92. The van der Waals surface area contributed by atoms with Crippen molar-refractivity contribution < 1.29 is 18.7 Å². The Hall–Kier alpha value is -2.31. The number of rotatable bonds is 6. The number of benzene rings is 2. The first-order valence-corrected chi connectivity index (χ1v) is 7.52. The molecule has 1 atom stereocenters. The molecule has 0 fully saturated rings. The van der Waals surface area contributed by atoms with Gasteiger partial charge in [0, 0.05) is 18.3 Å². The topological polar surface area (TPSA) is 52.6 Å². The van der Waals surface area contributed by atoms with E-state index in [1.165, 1.54) is 0 Å². The van der Waals surface area contributed by atoms with Crippen molar-refractivity contribution in [3.05, 3.63) is 65.2 Å². The normalized spacial score (nSPS) is 12.2. The maximum Gasteiger partial charge on any atom is 0.238 e. The van der Waals surface area contributed by atoms with Gasteiger partial charge in [-0.3, -0.25) is 9.69 Å². The van der Waals surface area contributed by atoms with Crippen LogP contribution in [-0.2, 0) is 4.79 Å². The number of carbonyl (C=O) groups excluding carboxylic acids is 1. The van der Waals surface area contributed by atoms with E-state index >= 15 is 0 Å². The molecule has 0 saturated carbocycles. The second kappa shape index (κ2) is 7.99. The Morgan fingerprint density at radius 2 is 1.75 bits per heavy atom. The Bertz CT molecular complexity index is 684. The molecule has 2 aromatic rings. The van der Waals surface area contributed by atoms with E-state index in [1.54, 1.807) is 11.9 Å². The molecular weight excluding hydrogens is 314 g/mol. The number of nitrogens with one attached hydrogen (secondary N) is 1. The van der Waals surface area contributed by atoms with E-state index in [0.29, 0.717) is 0 Å².